The van der Waals surface area contributed by atoms with Gasteiger partial charge in [0.15, 0.2) is 23.9 Å². The first-order valence-corrected chi connectivity index (χ1v) is 11.7. The average molecular weight is 458 g/mol. The monoisotopic (exact) mass is 457 g/mol. The van der Waals surface area contributed by atoms with Crippen molar-refractivity contribution in [3.63, 3.8) is 0 Å². The SMILES string of the molecule is O=C(c1ccccc1)c1ccc(OCC(=O)N2CCCC2c2ccc3c(c2)OCCCO3)cc1. The molecule has 0 aromatic heterocycles. The molecule has 0 radical (unpaired) electrons. The van der Waals surface area contributed by atoms with E-state index in [1.807, 2.05) is 41.3 Å². The van der Waals surface area contributed by atoms with Crippen LogP contribution in [-0.2, 0) is 4.79 Å². The molecular formula is C28H27NO5. The third-order valence-corrected chi connectivity index (χ3v) is 6.24. The lowest BCUT2D eigenvalue weighted by Crippen LogP contribution is -2.34. The molecule has 0 bridgehead atoms. The van der Waals surface area contributed by atoms with E-state index in [0.717, 1.165) is 36.3 Å². The molecule has 34 heavy (non-hydrogen) atoms. The van der Waals surface area contributed by atoms with Gasteiger partial charge in [-0.25, -0.2) is 0 Å². The van der Waals surface area contributed by atoms with Crippen molar-refractivity contribution in [1.29, 1.82) is 0 Å². The number of fused-ring (bicyclic) bond motifs is 1. The minimum atomic E-state index is -0.0564. The van der Waals surface area contributed by atoms with Gasteiger partial charge in [-0.2, -0.15) is 0 Å². The number of hydrogen-bond donors (Lipinski definition) is 0. The van der Waals surface area contributed by atoms with Crippen molar-refractivity contribution in [1.82, 2.24) is 4.90 Å². The van der Waals surface area contributed by atoms with Crippen LogP contribution in [0.1, 0.15) is 46.8 Å². The van der Waals surface area contributed by atoms with E-state index in [9.17, 15) is 9.59 Å². The second kappa shape index (κ2) is 10.00. The first-order valence-electron chi connectivity index (χ1n) is 11.7. The van der Waals surface area contributed by atoms with Crippen molar-refractivity contribution >= 4 is 11.7 Å². The van der Waals surface area contributed by atoms with Crippen molar-refractivity contribution in [2.45, 2.75) is 25.3 Å². The van der Waals surface area contributed by atoms with Crippen LogP contribution in [0, 0.1) is 0 Å². The summed E-state index contributed by atoms with van der Waals surface area (Å²) in [6.45, 7) is 1.94. The van der Waals surface area contributed by atoms with E-state index in [1.54, 1.807) is 36.4 Å². The Kier molecular flexibility index (Phi) is 6.47. The predicted molar refractivity (Wildman–Crippen MR) is 128 cm³/mol. The molecule has 0 saturated carbocycles. The number of benzene rings is 3. The van der Waals surface area contributed by atoms with Gasteiger partial charge in [0, 0.05) is 24.1 Å². The lowest BCUT2D eigenvalue weighted by Gasteiger charge is -2.25. The highest BCUT2D eigenvalue weighted by Crippen LogP contribution is 2.38. The number of ether oxygens (including phenoxy) is 3. The molecule has 1 fully saturated rings. The molecule has 6 heteroatoms. The first-order chi connectivity index (χ1) is 16.7. The minimum Gasteiger partial charge on any atom is -0.490 e. The summed E-state index contributed by atoms with van der Waals surface area (Å²) in [7, 11) is 0. The molecule has 2 heterocycles. The van der Waals surface area contributed by atoms with Crippen LogP contribution >= 0.6 is 0 Å². The van der Waals surface area contributed by atoms with Crippen molar-refractivity contribution < 1.29 is 23.8 Å². The van der Waals surface area contributed by atoms with Crippen LogP contribution in [0.2, 0.25) is 0 Å². The minimum absolute atomic E-state index is 0.000812. The summed E-state index contributed by atoms with van der Waals surface area (Å²) in [5.41, 5.74) is 2.28. The lowest BCUT2D eigenvalue weighted by molar-refractivity contribution is -0.134. The molecule has 6 nitrogen and oxygen atoms in total. The zero-order valence-electron chi connectivity index (χ0n) is 18.9. The maximum Gasteiger partial charge on any atom is 0.261 e. The van der Waals surface area contributed by atoms with Crippen LogP contribution in [0.15, 0.2) is 72.8 Å². The predicted octanol–water partition coefficient (Wildman–Crippen LogP) is 4.82. The molecule has 2 aliphatic heterocycles. The van der Waals surface area contributed by atoms with Gasteiger partial charge in [0.1, 0.15) is 5.75 Å². The third-order valence-electron chi connectivity index (χ3n) is 6.24. The van der Waals surface area contributed by atoms with Crippen LogP contribution in [-0.4, -0.2) is 43.0 Å². The highest BCUT2D eigenvalue weighted by Gasteiger charge is 2.31. The molecule has 0 N–H and O–H groups in total. The van der Waals surface area contributed by atoms with Gasteiger partial charge in [-0.15, -0.1) is 0 Å². The Morgan fingerprint density at radius 2 is 1.59 bits per heavy atom. The van der Waals surface area contributed by atoms with Crippen LogP contribution in [0.5, 0.6) is 17.2 Å². The largest absolute Gasteiger partial charge is 0.490 e. The van der Waals surface area contributed by atoms with E-state index in [0.29, 0.717) is 36.6 Å². The average Bonchev–Trinajstić information content (AvgIpc) is 3.26. The summed E-state index contributed by atoms with van der Waals surface area (Å²) in [5.74, 6) is 1.96. The Labute approximate surface area is 199 Å². The quantitative estimate of drug-likeness (QED) is 0.497. The van der Waals surface area contributed by atoms with E-state index >= 15 is 0 Å². The topological polar surface area (TPSA) is 65.1 Å². The number of carbonyl (C=O) groups excluding carboxylic acids is 2. The number of carbonyl (C=O) groups is 2. The molecule has 0 aliphatic carbocycles. The van der Waals surface area contributed by atoms with Gasteiger partial charge < -0.3 is 19.1 Å². The van der Waals surface area contributed by atoms with Crippen molar-refractivity contribution in [3.05, 3.63) is 89.5 Å². The second-order valence-electron chi connectivity index (χ2n) is 8.51. The molecule has 5 rings (SSSR count). The van der Waals surface area contributed by atoms with Gasteiger partial charge in [-0.05, 0) is 54.8 Å². The fraction of sp³-hybridized carbons (Fsp3) is 0.286. The molecule has 2 aliphatic rings. The van der Waals surface area contributed by atoms with E-state index in [2.05, 4.69) is 0 Å². The molecule has 174 valence electrons. The number of ketones is 1. The molecule has 1 atom stereocenters. The van der Waals surface area contributed by atoms with E-state index < -0.39 is 0 Å². The first kappa shape index (κ1) is 22.0. The maximum absolute atomic E-state index is 13.0. The van der Waals surface area contributed by atoms with E-state index in [4.69, 9.17) is 14.2 Å². The van der Waals surface area contributed by atoms with Gasteiger partial charge in [-0.1, -0.05) is 36.4 Å². The highest BCUT2D eigenvalue weighted by atomic mass is 16.5. The summed E-state index contributed by atoms with van der Waals surface area (Å²) in [6.07, 6.45) is 2.71. The van der Waals surface area contributed by atoms with E-state index in [-0.39, 0.29) is 24.3 Å². The lowest BCUT2D eigenvalue weighted by atomic mass is 10.0. The zero-order valence-corrected chi connectivity index (χ0v) is 18.9. The number of rotatable bonds is 6. The summed E-state index contributed by atoms with van der Waals surface area (Å²) >= 11 is 0. The Hall–Kier alpha value is -3.80. The van der Waals surface area contributed by atoms with Crippen LogP contribution in [0.3, 0.4) is 0 Å². The molecule has 1 amide bonds. The standard InChI is InChI=1S/C28H27NO5/c30-27(19-34-23-12-9-21(10-13-23)28(31)20-6-2-1-3-7-20)29-15-4-8-24(29)22-11-14-25-26(18-22)33-17-5-16-32-25/h1-3,6-7,9-14,18,24H,4-5,8,15-17,19H2. The Balaban J connectivity index is 1.21. The number of amides is 1. The fourth-order valence-electron chi connectivity index (χ4n) is 4.49. The maximum atomic E-state index is 13.0. The summed E-state index contributed by atoms with van der Waals surface area (Å²) in [4.78, 5) is 27.4. The van der Waals surface area contributed by atoms with Gasteiger partial charge in [0.05, 0.1) is 19.3 Å². The molecule has 0 spiro atoms. The Bertz CT molecular complexity index is 1160. The Morgan fingerprint density at radius 1 is 0.853 bits per heavy atom. The molecule has 1 unspecified atom stereocenters. The van der Waals surface area contributed by atoms with Crippen LogP contribution in [0.25, 0.3) is 0 Å². The van der Waals surface area contributed by atoms with Crippen LogP contribution < -0.4 is 14.2 Å². The molecule has 3 aromatic rings. The normalized spacial score (nSPS) is 17.2. The zero-order chi connectivity index (χ0) is 23.3. The van der Waals surface area contributed by atoms with Crippen molar-refractivity contribution in [2.75, 3.05) is 26.4 Å². The van der Waals surface area contributed by atoms with Crippen LogP contribution in [0.4, 0.5) is 0 Å². The number of nitrogens with zero attached hydrogens (tertiary/aromatic N) is 1. The van der Waals surface area contributed by atoms with Crippen molar-refractivity contribution in [3.8, 4) is 17.2 Å². The second-order valence-corrected chi connectivity index (χ2v) is 8.51. The molecule has 1 saturated heterocycles. The summed E-state index contributed by atoms with van der Waals surface area (Å²) in [6, 6.07) is 22.0. The highest BCUT2D eigenvalue weighted by molar-refractivity contribution is 6.09. The van der Waals surface area contributed by atoms with Gasteiger partial charge >= 0.3 is 0 Å². The summed E-state index contributed by atoms with van der Waals surface area (Å²) < 4.78 is 17.3. The van der Waals surface area contributed by atoms with Gasteiger partial charge in [0.2, 0.25) is 0 Å². The molecular weight excluding hydrogens is 430 g/mol. The molecule has 3 aromatic carbocycles. The Morgan fingerprint density at radius 3 is 2.38 bits per heavy atom. The summed E-state index contributed by atoms with van der Waals surface area (Å²) in [5, 5.41) is 0. The smallest absolute Gasteiger partial charge is 0.261 e. The van der Waals surface area contributed by atoms with Crippen molar-refractivity contribution in [2.24, 2.45) is 0 Å². The van der Waals surface area contributed by atoms with Gasteiger partial charge in [-0.3, -0.25) is 9.59 Å². The fourth-order valence-corrected chi connectivity index (χ4v) is 4.49. The van der Waals surface area contributed by atoms with E-state index in [1.165, 1.54) is 0 Å². The number of likely N-dealkylation sites (tertiary alicyclic amines) is 1. The number of hydrogen-bond acceptors (Lipinski definition) is 5. The van der Waals surface area contributed by atoms with Gasteiger partial charge in [0.25, 0.3) is 5.91 Å². The third kappa shape index (κ3) is 4.76.